The number of carboxylic acid groups (broad SMARTS) is 2. The number of piperidine rings is 1. The smallest absolute Gasteiger partial charge is 0.329 e. The minimum Gasteiger partial charge on any atom is -0.481 e. The first-order valence-corrected chi connectivity index (χ1v) is 22.9. The highest BCUT2D eigenvalue weighted by molar-refractivity contribution is 6.30. The number of aliphatic hydroxyl groups is 2. The SMILES string of the molecule is CC(C)(C(=O)O)c1ccc(C(O)CCCN2CCC(C(O)(c3ccccc3)c3ccccc3)CC2)cc1.Cl.Cl.O=C(O)COCCN1CCN(C(c2ccccc2)c2ccc(Cl)cc2)CC1. The van der Waals surface area contributed by atoms with Gasteiger partial charge in [-0.05, 0) is 111 Å². The van der Waals surface area contributed by atoms with E-state index in [9.17, 15) is 24.9 Å². The summed E-state index contributed by atoms with van der Waals surface area (Å²) in [4.78, 5) is 29.2. The van der Waals surface area contributed by atoms with Crippen molar-refractivity contribution in [1.82, 2.24) is 14.7 Å². The Morgan fingerprint density at radius 1 is 0.652 bits per heavy atom. The van der Waals surface area contributed by atoms with Crippen molar-refractivity contribution in [3.05, 3.63) is 178 Å². The van der Waals surface area contributed by atoms with Crippen molar-refractivity contribution in [2.24, 2.45) is 5.92 Å². The molecule has 2 fully saturated rings. The third-order valence-electron chi connectivity index (χ3n) is 13.0. The summed E-state index contributed by atoms with van der Waals surface area (Å²) < 4.78 is 5.15. The largest absolute Gasteiger partial charge is 0.481 e. The van der Waals surface area contributed by atoms with Crippen LogP contribution in [0, 0.1) is 5.92 Å². The van der Waals surface area contributed by atoms with Crippen LogP contribution < -0.4 is 0 Å². The van der Waals surface area contributed by atoms with Gasteiger partial charge in [0.1, 0.15) is 12.2 Å². The van der Waals surface area contributed by atoms with E-state index in [2.05, 4.69) is 51.1 Å². The van der Waals surface area contributed by atoms with Crippen LogP contribution >= 0.6 is 36.4 Å². The van der Waals surface area contributed by atoms with E-state index in [-0.39, 0.29) is 43.4 Å². The number of piperazine rings is 1. The topological polar surface area (TPSA) is 134 Å². The number of halogens is 3. The van der Waals surface area contributed by atoms with Gasteiger partial charge in [-0.1, -0.05) is 139 Å². The summed E-state index contributed by atoms with van der Waals surface area (Å²) in [5.41, 5.74) is 3.99. The zero-order valence-corrected chi connectivity index (χ0v) is 40.3. The van der Waals surface area contributed by atoms with Gasteiger partial charge in [0.05, 0.1) is 24.2 Å². The Balaban J connectivity index is 0.000000293. The summed E-state index contributed by atoms with van der Waals surface area (Å²) in [6, 6.07) is 46.1. The molecule has 356 valence electrons. The molecule has 0 aliphatic carbocycles. The number of aliphatic hydroxyl groups excluding tert-OH is 1. The van der Waals surface area contributed by atoms with E-state index in [4.69, 9.17) is 21.4 Å². The lowest BCUT2D eigenvalue weighted by atomic mass is 9.72. The van der Waals surface area contributed by atoms with Crippen LogP contribution in [0.5, 0.6) is 0 Å². The lowest BCUT2D eigenvalue weighted by Crippen LogP contribution is -2.48. The molecule has 0 bridgehead atoms. The van der Waals surface area contributed by atoms with Gasteiger partial charge >= 0.3 is 11.9 Å². The summed E-state index contributed by atoms with van der Waals surface area (Å²) in [6.45, 7) is 10.9. The molecular weight excluding hydrogens is 897 g/mol. The van der Waals surface area contributed by atoms with E-state index in [1.54, 1.807) is 26.0 Å². The molecule has 0 aromatic heterocycles. The molecule has 4 N–H and O–H groups in total. The number of ether oxygens (including phenoxy) is 1. The summed E-state index contributed by atoms with van der Waals surface area (Å²) in [5.74, 6) is -1.66. The fraction of sp³-hybridized carbons (Fsp3) is 0.396. The molecule has 2 unspecified atom stereocenters. The number of hydrogen-bond acceptors (Lipinski definition) is 8. The molecule has 2 heterocycles. The molecule has 5 aromatic carbocycles. The molecule has 10 nitrogen and oxygen atoms in total. The monoisotopic (exact) mass is 961 g/mol. The van der Waals surface area contributed by atoms with Crippen molar-refractivity contribution in [3.63, 3.8) is 0 Å². The Hall–Kier alpha value is -4.33. The first-order valence-electron chi connectivity index (χ1n) is 22.5. The minimum absolute atomic E-state index is 0. The molecule has 2 aliphatic rings. The maximum atomic E-state index is 12.1. The van der Waals surface area contributed by atoms with Crippen molar-refractivity contribution in [1.29, 1.82) is 0 Å². The second-order valence-corrected chi connectivity index (χ2v) is 17.9. The van der Waals surface area contributed by atoms with E-state index in [0.717, 1.165) is 98.9 Å². The van der Waals surface area contributed by atoms with Crippen LogP contribution in [0.1, 0.15) is 85.1 Å². The van der Waals surface area contributed by atoms with Gasteiger partial charge < -0.3 is 30.1 Å². The van der Waals surface area contributed by atoms with Crippen LogP contribution in [-0.2, 0) is 25.3 Å². The van der Waals surface area contributed by atoms with E-state index in [0.29, 0.717) is 13.0 Å². The molecule has 0 amide bonds. The van der Waals surface area contributed by atoms with E-state index in [1.807, 2.05) is 91.0 Å². The molecule has 5 aromatic rings. The summed E-state index contributed by atoms with van der Waals surface area (Å²) >= 11 is 6.08. The van der Waals surface area contributed by atoms with Gasteiger partial charge in [0.15, 0.2) is 0 Å². The van der Waals surface area contributed by atoms with Gasteiger partial charge in [-0.3, -0.25) is 14.6 Å². The standard InChI is InChI=1S/C32H39NO4.C21H25ClN2O3.2ClH/c1-31(2,30(35)36)25-17-15-24(16-18-25)29(34)14-9-21-33-22-19-28(20-23-33)32(37,26-10-5-3-6-11-26)27-12-7-4-8-13-27;22-19-8-6-18(7-9-19)21(17-4-2-1-3-5-17)24-12-10-23(11-13-24)14-15-27-16-20(25)26;;/h3-8,10-13,15-18,28-29,34,37H,9,14,19-23H2,1-2H3,(H,35,36);1-9,21H,10-16H2,(H,25,26);2*1H. The van der Waals surface area contributed by atoms with Gasteiger partial charge in [-0.2, -0.15) is 0 Å². The van der Waals surface area contributed by atoms with Gasteiger partial charge in [0.25, 0.3) is 0 Å². The van der Waals surface area contributed by atoms with Crippen LogP contribution in [0.25, 0.3) is 0 Å². The summed E-state index contributed by atoms with van der Waals surface area (Å²) in [6.07, 6.45) is 2.77. The van der Waals surface area contributed by atoms with Crippen molar-refractivity contribution in [2.75, 3.05) is 65.6 Å². The number of nitrogens with zero attached hydrogens (tertiary/aromatic N) is 3. The Labute approximate surface area is 408 Å². The number of rotatable bonds is 18. The molecule has 0 saturated carbocycles. The van der Waals surface area contributed by atoms with Gasteiger partial charge in [0.2, 0.25) is 0 Å². The quantitative estimate of drug-likeness (QED) is 0.0630. The maximum absolute atomic E-state index is 12.1. The van der Waals surface area contributed by atoms with Gasteiger partial charge in [0, 0.05) is 37.7 Å². The number of hydrogen-bond donors (Lipinski definition) is 4. The molecule has 0 spiro atoms. The second-order valence-electron chi connectivity index (χ2n) is 17.5. The lowest BCUT2D eigenvalue weighted by Gasteiger charge is -2.42. The average Bonchev–Trinajstić information content (AvgIpc) is 3.32. The minimum atomic E-state index is -1.01. The maximum Gasteiger partial charge on any atom is 0.329 e. The lowest BCUT2D eigenvalue weighted by molar-refractivity contribution is -0.143. The van der Waals surface area contributed by atoms with Crippen molar-refractivity contribution < 1.29 is 34.8 Å². The predicted octanol–water partition coefficient (Wildman–Crippen LogP) is 9.50. The number of carboxylic acids is 2. The molecule has 2 atom stereocenters. The van der Waals surface area contributed by atoms with Crippen LogP contribution in [0.15, 0.2) is 140 Å². The number of carbonyl (C=O) groups is 2. The highest BCUT2D eigenvalue weighted by atomic mass is 35.5. The molecule has 66 heavy (non-hydrogen) atoms. The predicted molar refractivity (Wildman–Crippen MR) is 267 cm³/mol. The fourth-order valence-corrected chi connectivity index (χ4v) is 9.14. The first kappa shape index (κ1) is 54.3. The first-order chi connectivity index (χ1) is 30.9. The van der Waals surface area contributed by atoms with Crippen LogP contribution in [-0.4, -0.2) is 113 Å². The Bertz CT molecular complexity index is 2130. The zero-order valence-electron chi connectivity index (χ0n) is 38.0. The second kappa shape index (κ2) is 26.3. The van der Waals surface area contributed by atoms with E-state index >= 15 is 0 Å². The normalized spacial score (nSPS) is 16.1. The van der Waals surface area contributed by atoms with Crippen molar-refractivity contribution in [2.45, 2.75) is 62.7 Å². The Kier molecular flexibility index (Phi) is 21.6. The zero-order chi connectivity index (χ0) is 45.5. The fourth-order valence-electron chi connectivity index (χ4n) is 9.01. The van der Waals surface area contributed by atoms with Crippen molar-refractivity contribution in [3.8, 4) is 0 Å². The van der Waals surface area contributed by atoms with Gasteiger partial charge in [-0.15, -0.1) is 24.8 Å². The molecular formula is C53H66Cl3N3O7. The average molecular weight is 963 g/mol. The van der Waals surface area contributed by atoms with Crippen molar-refractivity contribution >= 4 is 48.4 Å². The molecule has 7 rings (SSSR count). The highest BCUT2D eigenvalue weighted by Gasteiger charge is 2.41. The number of likely N-dealkylation sites (tertiary alicyclic amines) is 1. The number of aliphatic carboxylic acids is 2. The summed E-state index contributed by atoms with van der Waals surface area (Å²) in [7, 11) is 0. The molecule has 13 heteroatoms. The highest BCUT2D eigenvalue weighted by Crippen LogP contribution is 2.42. The molecule has 2 saturated heterocycles. The van der Waals surface area contributed by atoms with Gasteiger partial charge in [-0.25, -0.2) is 4.79 Å². The molecule has 2 aliphatic heterocycles. The third-order valence-corrected chi connectivity index (χ3v) is 13.2. The third kappa shape index (κ3) is 14.6. The number of benzene rings is 5. The molecule has 0 radical (unpaired) electrons. The van der Waals surface area contributed by atoms with Crippen LogP contribution in [0.3, 0.4) is 0 Å². The van der Waals surface area contributed by atoms with Crippen LogP contribution in [0.4, 0.5) is 0 Å². The van der Waals surface area contributed by atoms with E-state index in [1.165, 1.54) is 11.1 Å². The Morgan fingerprint density at radius 2 is 1.14 bits per heavy atom. The Morgan fingerprint density at radius 3 is 1.65 bits per heavy atom. The van der Waals surface area contributed by atoms with E-state index < -0.39 is 29.1 Å². The van der Waals surface area contributed by atoms with Crippen LogP contribution in [0.2, 0.25) is 5.02 Å². The summed E-state index contributed by atoms with van der Waals surface area (Å²) in [5, 5.41) is 41.5.